The van der Waals surface area contributed by atoms with E-state index in [2.05, 4.69) is 9.97 Å². The number of benzene rings is 1. The molecular formula is C17H21N3O2S. The summed E-state index contributed by atoms with van der Waals surface area (Å²) in [6.45, 7) is 1.68. The van der Waals surface area contributed by atoms with Gasteiger partial charge in [-0.3, -0.25) is 4.79 Å². The summed E-state index contributed by atoms with van der Waals surface area (Å²) in [5.41, 5.74) is 0.721. The number of piperidine rings is 1. The largest absolute Gasteiger partial charge is 0.396 e. The van der Waals surface area contributed by atoms with Gasteiger partial charge in [-0.25, -0.2) is 4.98 Å². The SMILES string of the molecule is O=C(c1ccc(SCCO)cc1)N1CCC[C@H](c2ncc[nH]2)C1. The maximum atomic E-state index is 12.7. The van der Waals surface area contributed by atoms with Gasteiger partial charge in [0.05, 0.1) is 6.61 Å². The minimum absolute atomic E-state index is 0.0833. The molecule has 2 aromatic rings. The molecule has 0 unspecified atom stereocenters. The molecule has 2 heterocycles. The lowest BCUT2D eigenvalue weighted by atomic mass is 9.96. The lowest BCUT2D eigenvalue weighted by Gasteiger charge is -2.32. The number of carbonyl (C=O) groups is 1. The first kappa shape index (κ1) is 16.1. The Morgan fingerprint density at radius 3 is 2.91 bits per heavy atom. The van der Waals surface area contributed by atoms with E-state index in [-0.39, 0.29) is 12.5 Å². The Kier molecular flexibility index (Phi) is 5.35. The van der Waals surface area contributed by atoms with Crippen molar-refractivity contribution in [3.63, 3.8) is 0 Å². The molecule has 0 radical (unpaired) electrons. The van der Waals surface area contributed by atoms with E-state index >= 15 is 0 Å². The van der Waals surface area contributed by atoms with Crippen molar-refractivity contribution in [1.29, 1.82) is 0 Å². The summed E-state index contributed by atoms with van der Waals surface area (Å²) >= 11 is 1.59. The highest BCUT2D eigenvalue weighted by Gasteiger charge is 2.26. The standard InChI is InChI=1S/C17H21N3O2S/c21-10-11-23-15-5-3-13(4-6-15)17(22)20-9-1-2-14(12-20)16-18-7-8-19-16/h3-8,14,21H,1-2,9-12H2,(H,18,19)/t14-/m0/s1. The fraction of sp³-hybridized carbons (Fsp3) is 0.412. The second-order valence-corrected chi connectivity index (χ2v) is 6.83. The number of carbonyl (C=O) groups excluding carboxylic acids is 1. The zero-order chi connectivity index (χ0) is 16.1. The Morgan fingerprint density at radius 2 is 2.22 bits per heavy atom. The Labute approximate surface area is 140 Å². The molecular weight excluding hydrogens is 310 g/mol. The van der Waals surface area contributed by atoms with Gasteiger partial charge in [0.2, 0.25) is 0 Å². The van der Waals surface area contributed by atoms with Gasteiger partial charge in [-0.1, -0.05) is 0 Å². The number of hydrogen-bond donors (Lipinski definition) is 2. The number of amides is 1. The van der Waals surface area contributed by atoms with Gasteiger partial charge >= 0.3 is 0 Å². The van der Waals surface area contributed by atoms with Crippen LogP contribution in [0.1, 0.15) is 34.9 Å². The van der Waals surface area contributed by atoms with E-state index in [0.29, 0.717) is 18.2 Å². The number of hydrogen-bond acceptors (Lipinski definition) is 4. The van der Waals surface area contributed by atoms with Crippen molar-refractivity contribution >= 4 is 17.7 Å². The van der Waals surface area contributed by atoms with Crippen LogP contribution in [0.25, 0.3) is 0 Å². The van der Waals surface area contributed by atoms with Crippen LogP contribution in [0, 0.1) is 0 Å². The number of aliphatic hydroxyl groups is 1. The summed E-state index contributed by atoms with van der Waals surface area (Å²) in [7, 11) is 0. The predicted octanol–water partition coefficient (Wildman–Crippen LogP) is 2.51. The van der Waals surface area contributed by atoms with Crippen molar-refractivity contribution in [2.45, 2.75) is 23.7 Å². The van der Waals surface area contributed by atoms with Crippen molar-refractivity contribution in [2.75, 3.05) is 25.4 Å². The number of likely N-dealkylation sites (tertiary alicyclic amines) is 1. The van der Waals surface area contributed by atoms with Gasteiger partial charge in [-0.15, -0.1) is 11.8 Å². The minimum Gasteiger partial charge on any atom is -0.396 e. The summed E-state index contributed by atoms with van der Waals surface area (Å²) < 4.78 is 0. The zero-order valence-corrected chi connectivity index (χ0v) is 13.8. The third-order valence-electron chi connectivity index (χ3n) is 4.08. The molecule has 23 heavy (non-hydrogen) atoms. The third kappa shape index (κ3) is 3.95. The minimum atomic E-state index is 0.0833. The summed E-state index contributed by atoms with van der Waals surface area (Å²) in [4.78, 5) is 23.2. The molecule has 6 heteroatoms. The maximum Gasteiger partial charge on any atom is 0.253 e. The fourth-order valence-corrected chi connectivity index (χ4v) is 3.58. The van der Waals surface area contributed by atoms with Crippen LogP contribution in [0.3, 0.4) is 0 Å². The molecule has 0 spiro atoms. The van der Waals surface area contributed by atoms with Gasteiger partial charge in [0.15, 0.2) is 0 Å². The van der Waals surface area contributed by atoms with Gasteiger partial charge in [-0.2, -0.15) is 0 Å². The molecule has 0 bridgehead atoms. The molecule has 3 rings (SSSR count). The second kappa shape index (κ2) is 7.66. The number of thioether (sulfide) groups is 1. The highest BCUT2D eigenvalue weighted by molar-refractivity contribution is 7.99. The van der Waals surface area contributed by atoms with Gasteiger partial charge in [0, 0.05) is 47.6 Å². The summed E-state index contributed by atoms with van der Waals surface area (Å²) in [5.74, 6) is 2.02. The van der Waals surface area contributed by atoms with E-state index in [1.807, 2.05) is 35.4 Å². The number of aliphatic hydroxyl groups excluding tert-OH is 1. The molecule has 5 nitrogen and oxygen atoms in total. The maximum absolute atomic E-state index is 12.7. The number of nitrogens with one attached hydrogen (secondary N) is 1. The van der Waals surface area contributed by atoms with Crippen LogP contribution in [0.2, 0.25) is 0 Å². The van der Waals surface area contributed by atoms with E-state index in [4.69, 9.17) is 5.11 Å². The Balaban J connectivity index is 1.65. The van der Waals surface area contributed by atoms with E-state index < -0.39 is 0 Å². The Bertz CT molecular complexity index is 628. The molecule has 0 aliphatic carbocycles. The Hall–Kier alpha value is -1.79. The first-order valence-corrected chi connectivity index (χ1v) is 8.89. The number of nitrogens with zero attached hydrogens (tertiary/aromatic N) is 2. The smallest absolute Gasteiger partial charge is 0.253 e. The topological polar surface area (TPSA) is 69.2 Å². The van der Waals surface area contributed by atoms with Crippen molar-refractivity contribution < 1.29 is 9.90 Å². The average Bonchev–Trinajstić information content (AvgIpc) is 3.14. The van der Waals surface area contributed by atoms with Gasteiger partial charge in [-0.05, 0) is 37.1 Å². The molecule has 1 saturated heterocycles. The number of H-pyrrole nitrogens is 1. The van der Waals surface area contributed by atoms with Gasteiger partial charge < -0.3 is 15.0 Å². The van der Waals surface area contributed by atoms with Crippen LogP contribution in [-0.4, -0.2) is 51.3 Å². The van der Waals surface area contributed by atoms with E-state index in [9.17, 15) is 4.79 Å². The monoisotopic (exact) mass is 331 g/mol. The van der Waals surface area contributed by atoms with Crippen molar-refractivity contribution in [3.05, 3.63) is 48.0 Å². The normalized spacial score (nSPS) is 18.1. The molecule has 0 saturated carbocycles. The number of aromatic nitrogens is 2. The fourth-order valence-electron chi connectivity index (χ4n) is 2.93. The summed E-state index contributed by atoms with van der Waals surface area (Å²) in [5, 5.41) is 8.85. The van der Waals surface area contributed by atoms with Crippen LogP contribution in [0.4, 0.5) is 0 Å². The highest BCUT2D eigenvalue weighted by atomic mass is 32.2. The molecule has 1 aliphatic rings. The van der Waals surface area contributed by atoms with E-state index in [1.165, 1.54) is 0 Å². The van der Waals surface area contributed by atoms with Crippen molar-refractivity contribution in [3.8, 4) is 0 Å². The van der Waals surface area contributed by atoms with Crippen molar-refractivity contribution in [2.24, 2.45) is 0 Å². The molecule has 1 aliphatic heterocycles. The van der Waals surface area contributed by atoms with Gasteiger partial charge in [0.25, 0.3) is 5.91 Å². The summed E-state index contributed by atoms with van der Waals surface area (Å²) in [6.07, 6.45) is 5.66. The van der Waals surface area contributed by atoms with E-state index in [0.717, 1.165) is 35.7 Å². The first-order valence-electron chi connectivity index (χ1n) is 7.90. The van der Waals surface area contributed by atoms with E-state index in [1.54, 1.807) is 18.0 Å². The zero-order valence-electron chi connectivity index (χ0n) is 12.9. The van der Waals surface area contributed by atoms with Gasteiger partial charge in [0.1, 0.15) is 5.82 Å². The lowest BCUT2D eigenvalue weighted by molar-refractivity contribution is 0.0704. The quantitative estimate of drug-likeness (QED) is 0.826. The molecule has 1 amide bonds. The van der Waals surface area contributed by atoms with Crippen molar-refractivity contribution in [1.82, 2.24) is 14.9 Å². The average molecular weight is 331 g/mol. The second-order valence-electron chi connectivity index (χ2n) is 5.66. The molecule has 1 aromatic carbocycles. The van der Waals surface area contributed by atoms with Crippen LogP contribution >= 0.6 is 11.8 Å². The number of aromatic amines is 1. The van der Waals surface area contributed by atoms with Crippen LogP contribution < -0.4 is 0 Å². The number of imidazole rings is 1. The lowest BCUT2D eigenvalue weighted by Crippen LogP contribution is -2.39. The molecule has 1 aromatic heterocycles. The summed E-state index contributed by atoms with van der Waals surface area (Å²) in [6, 6.07) is 7.64. The third-order valence-corrected chi connectivity index (χ3v) is 5.07. The van der Waals surface area contributed by atoms with Crippen LogP contribution in [0.15, 0.2) is 41.6 Å². The van der Waals surface area contributed by atoms with Crippen LogP contribution in [-0.2, 0) is 0 Å². The molecule has 1 atom stereocenters. The molecule has 122 valence electrons. The molecule has 2 N–H and O–H groups in total. The number of rotatable bonds is 5. The predicted molar refractivity (Wildman–Crippen MR) is 90.7 cm³/mol. The first-order chi connectivity index (χ1) is 11.3. The Morgan fingerprint density at radius 1 is 1.39 bits per heavy atom. The van der Waals surface area contributed by atoms with Crippen LogP contribution in [0.5, 0.6) is 0 Å². The highest BCUT2D eigenvalue weighted by Crippen LogP contribution is 2.26. The molecule has 1 fully saturated rings.